The van der Waals surface area contributed by atoms with E-state index in [1.165, 1.54) is 0 Å². The molecule has 5 N–H and O–H groups in total. The molecule has 2 heterocycles. The number of carbonyl (C=O) groups is 2. The maximum Gasteiger partial charge on any atom is 0.237 e. The largest absolute Gasteiger partial charge is 0.361 e. The van der Waals surface area contributed by atoms with Crippen LogP contribution in [0.1, 0.15) is 18.4 Å². The first-order valence-electron chi connectivity index (χ1n) is 7.51. The molecule has 0 bridgehead atoms. The normalized spacial score (nSPS) is 19.7. The van der Waals surface area contributed by atoms with Crippen molar-refractivity contribution in [3.05, 3.63) is 36.0 Å². The number of carbonyl (C=O) groups excluding carboxylic acids is 2. The maximum atomic E-state index is 12.2. The Bertz CT molecular complexity index is 684. The molecule has 1 aliphatic rings. The minimum Gasteiger partial charge on any atom is -0.361 e. The number of fused-ring (bicyclic) bond motifs is 1. The quantitative estimate of drug-likeness (QED) is 0.659. The summed E-state index contributed by atoms with van der Waals surface area (Å²) in [5.41, 5.74) is 8.11. The van der Waals surface area contributed by atoms with Gasteiger partial charge >= 0.3 is 0 Å². The van der Waals surface area contributed by atoms with E-state index in [2.05, 4.69) is 15.6 Å². The number of nitrogens with one attached hydrogen (secondary N) is 3. The topological polar surface area (TPSA) is 100 Å². The van der Waals surface area contributed by atoms with Crippen molar-refractivity contribution in [1.82, 2.24) is 15.6 Å². The number of nitrogens with two attached hydrogens (primary N) is 1. The van der Waals surface area contributed by atoms with Gasteiger partial charge in [0.2, 0.25) is 11.8 Å². The number of H-pyrrole nitrogens is 1. The highest BCUT2D eigenvalue weighted by atomic mass is 16.2. The molecule has 0 aliphatic carbocycles. The molecule has 2 aromatic rings. The van der Waals surface area contributed by atoms with Gasteiger partial charge in [0.25, 0.3) is 0 Å². The molecule has 0 saturated carbocycles. The smallest absolute Gasteiger partial charge is 0.237 e. The molecule has 0 spiro atoms. The lowest BCUT2D eigenvalue weighted by Crippen LogP contribution is -2.52. The first kappa shape index (κ1) is 14.6. The van der Waals surface area contributed by atoms with Gasteiger partial charge in [-0.05, 0) is 24.5 Å². The van der Waals surface area contributed by atoms with Crippen LogP contribution in [0.15, 0.2) is 30.5 Å². The van der Waals surface area contributed by atoms with Crippen LogP contribution in [0.5, 0.6) is 0 Å². The van der Waals surface area contributed by atoms with E-state index in [0.717, 1.165) is 16.5 Å². The van der Waals surface area contributed by atoms with E-state index in [4.69, 9.17) is 5.73 Å². The van der Waals surface area contributed by atoms with Crippen molar-refractivity contribution >= 4 is 22.7 Å². The Kier molecular flexibility index (Phi) is 4.11. The van der Waals surface area contributed by atoms with Crippen molar-refractivity contribution in [1.29, 1.82) is 0 Å². The van der Waals surface area contributed by atoms with E-state index in [0.29, 0.717) is 25.8 Å². The molecule has 6 nitrogen and oxygen atoms in total. The van der Waals surface area contributed by atoms with Gasteiger partial charge in [-0.2, -0.15) is 0 Å². The van der Waals surface area contributed by atoms with E-state index < -0.39 is 6.04 Å². The number of aromatic amines is 1. The van der Waals surface area contributed by atoms with Crippen LogP contribution in [0.3, 0.4) is 0 Å². The number of piperidine rings is 1. The second kappa shape index (κ2) is 6.19. The number of para-hydroxylation sites is 1. The number of rotatable bonds is 4. The summed E-state index contributed by atoms with van der Waals surface area (Å²) in [6.45, 7) is 0.477. The van der Waals surface area contributed by atoms with Gasteiger partial charge in [0.1, 0.15) is 0 Å². The highest BCUT2D eigenvalue weighted by molar-refractivity contribution is 5.86. The zero-order valence-corrected chi connectivity index (χ0v) is 12.3. The predicted molar refractivity (Wildman–Crippen MR) is 84.2 cm³/mol. The van der Waals surface area contributed by atoms with E-state index in [1.807, 2.05) is 30.5 Å². The second-order valence-corrected chi connectivity index (χ2v) is 5.72. The van der Waals surface area contributed by atoms with Crippen LogP contribution in [0.25, 0.3) is 10.9 Å². The average Bonchev–Trinajstić information content (AvgIpc) is 2.93. The zero-order chi connectivity index (χ0) is 15.5. The van der Waals surface area contributed by atoms with E-state index >= 15 is 0 Å². The lowest BCUT2D eigenvalue weighted by atomic mass is 10.0. The lowest BCUT2D eigenvalue weighted by molar-refractivity contribution is -0.126. The molecular weight excluding hydrogens is 280 g/mol. The van der Waals surface area contributed by atoms with Gasteiger partial charge in [-0.15, -0.1) is 0 Å². The first-order valence-corrected chi connectivity index (χ1v) is 7.51. The maximum absolute atomic E-state index is 12.2. The Morgan fingerprint density at radius 1 is 1.41 bits per heavy atom. The fraction of sp³-hybridized carbons (Fsp3) is 0.375. The molecule has 1 aromatic carbocycles. The SMILES string of the molecule is N[C@@H](Cc1c[nH]c2ccccc12)C(=O)NC1CCC(=O)NC1. The van der Waals surface area contributed by atoms with E-state index in [9.17, 15) is 9.59 Å². The predicted octanol–water partition coefficient (Wildman–Crippen LogP) is 0.432. The van der Waals surface area contributed by atoms with Crippen molar-refractivity contribution in [3.8, 4) is 0 Å². The van der Waals surface area contributed by atoms with E-state index in [-0.39, 0.29) is 17.9 Å². The van der Waals surface area contributed by atoms with Crippen LogP contribution in [0.2, 0.25) is 0 Å². The molecular formula is C16H20N4O2. The van der Waals surface area contributed by atoms with Crippen LogP contribution in [0, 0.1) is 0 Å². The molecule has 1 saturated heterocycles. The minimum absolute atomic E-state index is 0.0285. The molecule has 1 aromatic heterocycles. The fourth-order valence-electron chi connectivity index (χ4n) is 2.79. The molecule has 2 amide bonds. The van der Waals surface area contributed by atoms with Crippen molar-refractivity contribution in [2.45, 2.75) is 31.3 Å². The van der Waals surface area contributed by atoms with Crippen molar-refractivity contribution in [2.75, 3.05) is 6.54 Å². The third kappa shape index (κ3) is 3.12. The molecule has 6 heteroatoms. The summed E-state index contributed by atoms with van der Waals surface area (Å²) in [5, 5.41) is 6.75. The van der Waals surface area contributed by atoms with Gasteiger partial charge in [0.15, 0.2) is 0 Å². The summed E-state index contributed by atoms with van der Waals surface area (Å²) in [4.78, 5) is 26.5. The summed E-state index contributed by atoms with van der Waals surface area (Å²) in [6.07, 6.45) is 3.49. The van der Waals surface area contributed by atoms with Gasteiger partial charge in [-0.25, -0.2) is 0 Å². The van der Waals surface area contributed by atoms with Crippen LogP contribution in [0.4, 0.5) is 0 Å². The molecule has 1 unspecified atom stereocenters. The van der Waals surface area contributed by atoms with Crippen LogP contribution >= 0.6 is 0 Å². The fourth-order valence-corrected chi connectivity index (χ4v) is 2.79. The van der Waals surface area contributed by atoms with Gasteiger partial charge < -0.3 is 21.4 Å². The van der Waals surface area contributed by atoms with Crippen molar-refractivity contribution in [2.24, 2.45) is 5.73 Å². The zero-order valence-electron chi connectivity index (χ0n) is 12.3. The second-order valence-electron chi connectivity index (χ2n) is 5.72. The molecule has 2 atom stereocenters. The summed E-state index contributed by atoms with van der Waals surface area (Å²) >= 11 is 0. The summed E-state index contributed by atoms with van der Waals surface area (Å²) < 4.78 is 0. The van der Waals surface area contributed by atoms with Crippen molar-refractivity contribution in [3.63, 3.8) is 0 Å². The number of hydrogen-bond donors (Lipinski definition) is 4. The van der Waals surface area contributed by atoms with Gasteiger partial charge in [-0.1, -0.05) is 18.2 Å². The molecule has 0 radical (unpaired) electrons. The summed E-state index contributed by atoms with van der Waals surface area (Å²) in [6, 6.07) is 7.32. The van der Waals surface area contributed by atoms with Crippen LogP contribution < -0.4 is 16.4 Å². The number of hydrogen-bond acceptors (Lipinski definition) is 3. The average molecular weight is 300 g/mol. The molecule has 116 valence electrons. The minimum atomic E-state index is -0.600. The highest BCUT2D eigenvalue weighted by Gasteiger charge is 2.23. The summed E-state index contributed by atoms with van der Waals surface area (Å²) in [7, 11) is 0. The third-order valence-corrected chi connectivity index (χ3v) is 4.06. The molecule has 3 rings (SSSR count). The standard InChI is InChI=1S/C16H20N4O2/c17-13(16(22)20-11-5-6-15(21)19-9-11)7-10-8-18-14-4-2-1-3-12(10)14/h1-4,8,11,13,18H,5-7,9,17H2,(H,19,21)(H,20,22)/t11?,13-/m0/s1. The molecule has 22 heavy (non-hydrogen) atoms. The van der Waals surface area contributed by atoms with Crippen molar-refractivity contribution < 1.29 is 9.59 Å². The number of amides is 2. The Morgan fingerprint density at radius 3 is 3.00 bits per heavy atom. The Hall–Kier alpha value is -2.34. The Balaban J connectivity index is 1.60. The molecule has 1 fully saturated rings. The summed E-state index contributed by atoms with van der Waals surface area (Å²) in [5.74, 6) is -0.139. The number of aromatic nitrogens is 1. The molecule has 1 aliphatic heterocycles. The highest BCUT2D eigenvalue weighted by Crippen LogP contribution is 2.18. The Labute approximate surface area is 128 Å². The van der Waals surface area contributed by atoms with Gasteiger partial charge in [-0.3, -0.25) is 9.59 Å². The monoisotopic (exact) mass is 300 g/mol. The van der Waals surface area contributed by atoms with Gasteiger partial charge in [0, 0.05) is 36.1 Å². The Morgan fingerprint density at radius 2 is 2.23 bits per heavy atom. The number of benzene rings is 1. The first-order chi connectivity index (χ1) is 10.6. The van der Waals surface area contributed by atoms with E-state index in [1.54, 1.807) is 0 Å². The van der Waals surface area contributed by atoms with Crippen LogP contribution in [-0.4, -0.2) is 35.4 Å². The lowest BCUT2D eigenvalue weighted by Gasteiger charge is -2.24. The third-order valence-electron chi connectivity index (χ3n) is 4.06. The van der Waals surface area contributed by atoms with Crippen LogP contribution in [-0.2, 0) is 16.0 Å². The van der Waals surface area contributed by atoms with Gasteiger partial charge in [0.05, 0.1) is 6.04 Å².